The van der Waals surface area contributed by atoms with Crippen molar-refractivity contribution in [3.63, 3.8) is 0 Å². The van der Waals surface area contributed by atoms with Crippen molar-refractivity contribution in [2.75, 3.05) is 44.8 Å². The van der Waals surface area contributed by atoms with Crippen LogP contribution in [0.15, 0.2) is 24.7 Å². The first kappa shape index (κ1) is 18.5. The fourth-order valence-electron chi connectivity index (χ4n) is 3.70. The molecule has 0 bridgehead atoms. The van der Waals surface area contributed by atoms with Crippen molar-refractivity contribution in [2.45, 2.75) is 25.4 Å². The lowest BCUT2D eigenvalue weighted by Gasteiger charge is -2.47. The van der Waals surface area contributed by atoms with Gasteiger partial charge in [0, 0.05) is 38.1 Å². The Bertz CT molecular complexity index is 836. The number of hydrogen-bond donors (Lipinski definition) is 0. The average Bonchev–Trinajstić information content (AvgIpc) is 2.74. The second-order valence-corrected chi connectivity index (χ2v) is 7.19. The number of morpholine rings is 1. The number of hydrogen-bond acceptors (Lipinski definition) is 8. The van der Waals surface area contributed by atoms with Crippen LogP contribution in [0.1, 0.15) is 29.0 Å². The minimum atomic E-state index is -0.332. The first-order chi connectivity index (χ1) is 13.6. The Labute approximate surface area is 163 Å². The average molecular weight is 384 g/mol. The van der Waals surface area contributed by atoms with Crippen LogP contribution in [0.2, 0.25) is 0 Å². The smallest absolute Gasteiger partial charge is 0.274 e. The van der Waals surface area contributed by atoms with Gasteiger partial charge >= 0.3 is 0 Å². The minimum Gasteiger partial charge on any atom is -0.481 e. The Morgan fingerprint density at radius 1 is 1.18 bits per heavy atom. The van der Waals surface area contributed by atoms with Crippen LogP contribution in [0.4, 0.5) is 5.95 Å². The molecule has 2 aliphatic rings. The maximum atomic E-state index is 12.8. The molecule has 0 N–H and O–H groups in total. The SMILES string of the molecule is COc1ccnc(N2CCC3(CC2)CN(C(=O)c2cnc(C)cn2)CCO3)n1. The van der Waals surface area contributed by atoms with Crippen molar-refractivity contribution in [3.05, 3.63) is 36.0 Å². The molecular formula is C19H24N6O3. The summed E-state index contributed by atoms with van der Waals surface area (Å²) in [6, 6.07) is 1.73. The molecule has 1 spiro atoms. The molecule has 0 unspecified atom stereocenters. The molecule has 2 aromatic rings. The summed E-state index contributed by atoms with van der Waals surface area (Å²) >= 11 is 0. The summed E-state index contributed by atoms with van der Waals surface area (Å²) in [5.41, 5.74) is 0.841. The van der Waals surface area contributed by atoms with Crippen LogP contribution >= 0.6 is 0 Å². The predicted molar refractivity (Wildman–Crippen MR) is 101 cm³/mol. The molecule has 28 heavy (non-hydrogen) atoms. The molecule has 0 radical (unpaired) electrons. The van der Waals surface area contributed by atoms with Gasteiger partial charge in [-0.15, -0.1) is 0 Å². The van der Waals surface area contributed by atoms with Gasteiger partial charge in [-0.05, 0) is 19.8 Å². The molecule has 4 heterocycles. The first-order valence-electron chi connectivity index (χ1n) is 9.42. The Kier molecular flexibility index (Phi) is 5.08. The third-order valence-electron chi connectivity index (χ3n) is 5.32. The molecule has 4 rings (SSSR count). The van der Waals surface area contributed by atoms with Gasteiger partial charge in [0.15, 0.2) is 0 Å². The van der Waals surface area contributed by atoms with E-state index in [1.165, 1.54) is 0 Å². The number of ether oxygens (including phenoxy) is 2. The molecule has 1 amide bonds. The normalized spacial score (nSPS) is 18.9. The molecule has 2 saturated heterocycles. The number of methoxy groups -OCH3 is 1. The summed E-state index contributed by atoms with van der Waals surface area (Å²) in [4.78, 5) is 33.9. The molecule has 2 aromatic heterocycles. The zero-order valence-electron chi connectivity index (χ0n) is 16.2. The summed E-state index contributed by atoms with van der Waals surface area (Å²) in [6.07, 6.45) is 6.47. The van der Waals surface area contributed by atoms with Crippen molar-refractivity contribution in [1.82, 2.24) is 24.8 Å². The standard InChI is InChI=1S/C19H24N6O3/c1-14-11-22-15(12-21-14)17(26)25-9-10-28-19(13-25)4-7-24(8-5-19)18-20-6-3-16(23-18)27-2/h3,6,11-12H,4-5,7-10,13H2,1-2H3. The molecular weight excluding hydrogens is 360 g/mol. The van der Waals surface area contributed by atoms with Gasteiger partial charge in [-0.2, -0.15) is 4.98 Å². The van der Waals surface area contributed by atoms with Crippen LogP contribution in [-0.2, 0) is 4.74 Å². The molecule has 0 aromatic carbocycles. The molecule has 9 heteroatoms. The maximum absolute atomic E-state index is 12.8. The van der Waals surface area contributed by atoms with Gasteiger partial charge in [0.25, 0.3) is 5.91 Å². The van der Waals surface area contributed by atoms with Crippen molar-refractivity contribution < 1.29 is 14.3 Å². The molecule has 0 saturated carbocycles. The number of carbonyl (C=O) groups is 1. The van der Waals surface area contributed by atoms with Gasteiger partial charge in [-0.3, -0.25) is 9.78 Å². The highest BCUT2D eigenvalue weighted by Crippen LogP contribution is 2.32. The lowest BCUT2D eigenvalue weighted by Crippen LogP contribution is -2.58. The van der Waals surface area contributed by atoms with Gasteiger partial charge in [0.2, 0.25) is 11.8 Å². The number of aryl methyl sites for hydroxylation is 1. The number of rotatable bonds is 3. The zero-order chi connectivity index (χ0) is 19.6. The number of nitrogens with zero attached hydrogens (tertiary/aromatic N) is 6. The topological polar surface area (TPSA) is 93.6 Å². The lowest BCUT2D eigenvalue weighted by atomic mass is 9.89. The van der Waals surface area contributed by atoms with E-state index in [1.54, 1.807) is 31.8 Å². The van der Waals surface area contributed by atoms with Crippen LogP contribution in [0.3, 0.4) is 0 Å². The fraction of sp³-hybridized carbons (Fsp3) is 0.526. The lowest BCUT2D eigenvalue weighted by molar-refractivity contribution is -0.111. The molecule has 2 aliphatic heterocycles. The highest BCUT2D eigenvalue weighted by molar-refractivity contribution is 5.92. The number of aromatic nitrogens is 4. The molecule has 9 nitrogen and oxygen atoms in total. The number of piperidine rings is 1. The number of amides is 1. The number of carbonyl (C=O) groups excluding carboxylic acids is 1. The summed E-state index contributed by atoms with van der Waals surface area (Å²) in [6.45, 7) is 5.04. The molecule has 2 fully saturated rings. The second kappa shape index (κ2) is 7.67. The van der Waals surface area contributed by atoms with E-state index in [2.05, 4.69) is 24.8 Å². The van der Waals surface area contributed by atoms with Gasteiger partial charge in [0.1, 0.15) is 5.69 Å². The minimum absolute atomic E-state index is 0.0891. The van der Waals surface area contributed by atoms with Gasteiger partial charge < -0.3 is 19.3 Å². The van der Waals surface area contributed by atoms with E-state index < -0.39 is 0 Å². The predicted octanol–water partition coefficient (Wildman–Crippen LogP) is 1.10. The van der Waals surface area contributed by atoms with Crippen LogP contribution < -0.4 is 9.64 Å². The first-order valence-corrected chi connectivity index (χ1v) is 9.42. The van der Waals surface area contributed by atoms with Crippen molar-refractivity contribution in [1.29, 1.82) is 0 Å². The number of anilines is 1. The monoisotopic (exact) mass is 384 g/mol. The van der Waals surface area contributed by atoms with Crippen molar-refractivity contribution in [2.24, 2.45) is 0 Å². The molecule has 148 valence electrons. The van der Waals surface area contributed by atoms with E-state index in [0.29, 0.717) is 37.2 Å². The van der Waals surface area contributed by atoms with Gasteiger partial charge in [-0.1, -0.05) is 0 Å². The van der Waals surface area contributed by atoms with Gasteiger partial charge in [-0.25, -0.2) is 9.97 Å². The van der Waals surface area contributed by atoms with E-state index in [1.807, 2.05) is 11.8 Å². The Morgan fingerprint density at radius 3 is 2.71 bits per heavy atom. The Morgan fingerprint density at radius 2 is 2.00 bits per heavy atom. The van der Waals surface area contributed by atoms with Crippen LogP contribution in [0.25, 0.3) is 0 Å². The quantitative estimate of drug-likeness (QED) is 0.777. The zero-order valence-corrected chi connectivity index (χ0v) is 16.2. The van der Waals surface area contributed by atoms with E-state index in [4.69, 9.17) is 9.47 Å². The summed E-state index contributed by atoms with van der Waals surface area (Å²) in [5.74, 6) is 1.12. The largest absolute Gasteiger partial charge is 0.481 e. The van der Waals surface area contributed by atoms with E-state index in [0.717, 1.165) is 31.6 Å². The van der Waals surface area contributed by atoms with E-state index in [9.17, 15) is 4.79 Å². The Balaban J connectivity index is 1.42. The highest BCUT2D eigenvalue weighted by atomic mass is 16.5. The molecule has 0 aliphatic carbocycles. The fourth-order valence-corrected chi connectivity index (χ4v) is 3.70. The summed E-state index contributed by atoms with van der Waals surface area (Å²) in [5, 5.41) is 0. The summed E-state index contributed by atoms with van der Waals surface area (Å²) in [7, 11) is 1.59. The second-order valence-electron chi connectivity index (χ2n) is 7.19. The third kappa shape index (κ3) is 3.75. The van der Waals surface area contributed by atoms with Crippen LogP contribution in [0, 0.1) is 6.92 Å². The van der Waals surface area contributed by atoms with Crippen molar-refractivity contribution in [3.8, 4) is 5.88 Å². The molecule has 0 atom stereocenters. The van der Waals surface area contributed by atoms with E-state index >= 15 is 0 Å². The van der Waals surface area contributed by atoms with E-state index in [-0.39, 0.29) is 11.5 Å². The van der Waals surface area contributed by atoms with Gasteiger partial charge in [0.05, 0.1) is 37.8 Å². The summed E-state index contributed by atoms with van der Waals surface area (Å²) < 4.78 is 11.3. The third-order valence-corrected chi connectivity index (χ3v) is 5.32. The van der Waals surface area contributed by atoms with Crippen molar-refractivity contribution >= 4 is 11.9 Å². The Hall–Kier alpha value is -2.81. The highest BCUT2D eigenvalue weighted by Gasteiger charge is 2.41. The van der Waals surface area contributed by atoms with Crippen LogP contribution in [0.5, 0.6) is 5.88 Å². The van der Waals surface area contributed by atoms with Crippen LogP contribution in [-0.4, -0.2) is 76.2 Å². The maximum Gasteiger partial charge on any atom is 0.274 e.